The number of halogens is 1. The Morgan fingerprint density at radius 3 is 2.63 bits per heavy atom. The number of nitro benzene ring substituents is 1. The summed E-state index contributed by atoms with van der Waals surface area (Å²) in [4.78, 5) is 10.2. The number of hydrogen-bond donors (Lipinski definition) is 1. The average Bonchev–Trinajstić information content (AvgIpc) is 2.54. The first-order chi connectivity index (χ1) is 8.80. The number of ether oxygens (including phenoxy) is 1. The first-order valence-electron chi connectivity index (χ1n) is 5.28. The van der Waals surface area contributed by atoms with Crippen LogP contribution in [0.15, 0.2) is 22.7 Å². The summed E-state index contributed by atoms with van der Waals surface area (Å²) in [6.07, 6.45) is -2.04. The molecule has 0 saturated carbocycles. The van der Waals surface area contributed by atoms with Gasteiger partial charge in [-0.05, 0) is 22.0 Å². The van der Waals surface area contributed by atoms with Gasteiger partial charge in [0.2, 0.25) is 0 Å². The number of aliphatic hydroxyl groups excluding tert-OH is 1. The third-order valence-corrected chi connectivity index (χ3v) is 5.17. The van der Waals surface area contributed by atoms with E-state index in [2.05, 4.69) is 15.9 Å². The summed E-state index contributed by atoms with van der Waals surface area (Å²) < 4.78 is 28.2. The first-order valence-corrected chi connectivity index (χ1v) is 7.89. The minimum Gasteiger partial charge on any atom is -0.485 e. The van der Waals surface area contributed by atoms with Crippen LogP contribution in [0, 0.1) is 10.1 Å². The molecule has 7 nitrogen and oxygen atoms in total. The van der Waals surface area contributed by atoms with E-state index in [9.17, 15) is 23.6 Å². The largest absolute Gasteiger partial charge is 0.485 e. The van der Waals surface area contributed by atoms with Gasteiger partial charge in [0.05, 0.1) is 16.4 Å². The molecule has 1 saturated heterocycles. The third-order valence-electron chi connectivity index (χ3n) is 2.69. The van der Waals surface area contributed by atoms with Gasteiger partial charge in [-0.1, -0.05) is 6.07 Å². The molecular formula is C10H10BrNO6S. The number of hydrogen-bond acceptors (Lipinski definition) is 6. The van der Waals surface area contributed by atoms with Crippen LogP contribution in [0.1, 0.15) is 0 Å². The maximum atomic E-state index is 11.3. The second kappa shape index (κ2) is 5.06. The maximum absolute atomic E-state index is 11.3. The Bertz CT molecular complexity index is 616. The number of benzene rings is 1. The highest BCUT2D eigenvalue weighted by Crippen LogP contribution is 2.35. The summed E-state index contributed by atoms with van der Waals surface area (Å²) in [5.41, 5.74) is -0.187. The minimum atomic E-state index is -3.33. The molecule has 1 N–H and O–H groups in total. The van der Waals surface area contributed by atoms with E-state index < -0.39 is 27.0 Å². The van der Waals surface area contributed by atoms with Crippen LogP contribution >= 0.6 is 15.9 Å². The zero-order chi connectivity index (χ0) is 14.2. The summed E-state index contributed by atoms with van der Waals surface area (Å²) in [5.74, 6) is -0.525. The molecule has 0 aliphatic carbocycles. The van der Waals surface area contributed by atoms with Crippen molar-refractivity contribution in [2.24, 2.45) is 0 Å². The Labute approximate surface area is 117 Å². The van der Waals surface area contributed by atoms with Crippen molar-refractivity contribution < 1.29 is 23.2 Å². The number of rotatable bonds is 3. The molecule has 2 rings (SSSR count). The second-order valence-electron chi connectivity index (χ2n) is 4.15. The highest BCUT2D eigenvalue weighted by Gasteiger charge is 2.38. The summed E-state index contributed by atoms with van der Waals surface area (Å²) in [7, 11) is -3.33. The lowest BCUT2D eigenvalue weighted by atomic mass is 10.2. The van der Waals surface area contributed by atoms with Crippen molar-refractivity contribution in [3.63, 3.8) is 0 Å². The number of nitro groups is 1. The van der Waals surface area contributed by atoms with Gasteiger partial charge in [-0.2, -0.15) is 0 Å². The van der Waals surface area contributed by atoms with Crippen LogP contribution in [0.4, 0.5) is 5.69 Å². The van der Waals surface area contributed by atoms with E-state index in [4.69, 9.17) is 4.74 Å². The molecule has 2 unspecified atom stereocenters. The van der Waals surface area contributed by atoms with Crippen molar-refractivity contribution in [2.75, 3.05) is 11.5 Å². The zero-order valence-corrected chi connectivity index (χ0v) is 11.9. The predicted octanol–water partition coefficient (Wildman–Crippen LogP) is 0.894. The van der Waals surface area contributed by atoms with E-state index in [0.29, 0.717) is 0 Å². The molecule has 104 valence electrons. The van der Waals surface area contributed by atoms with Crippen LogP contribution in [-0.2, 0) is 9.84 Å². The van der Waals surface area contributed by atoms with Crippen LogP contribution in [0.5, 0.6) is 5.75 Å². The molecule has 0 amide bonds. The molecule has 0 aromatic heterocycles. The predicted molar refractivity (Wildman–Crippen MR) is 69.9 cm³/mol. The van der Waals surface area contributed by atoms with E-state index in [1.807, 2.05) is 0 Å². The van der Waals surface area contributed by atoms with E-state index in [1.165, 1.54) is 18.2 Å². The van der Waals surface area contributed by atoms with Gasteiger partial charge in [-0.15, -0.1) is 0 Å². The van der Waals surface area contributed by atoms with Crippen molar-refractivity contribution in [1.29, 1.82) is 0 Å². The summed E-state index contributed by atoms with van der Waals surface area (Å²) in [6, 6.07) is 4.18. The number of aliphatic hydroxyl groups is 1. The Balaban J connectivity index is 2.25. The maximum Gasteiger partial charge on any atom is 0.287 e. The van der Waals surface area contributed by atoms with Gasteiger partial charge in [0.1, 0.15) is 22.4 Å². The molecule has 1 aliphatic heterocycles. The van der Waals surface area contributed by atoms with Crippen LogP contribution < -0.4 is 4.74 Å². The Morgan fingerprint density at radius 2 is 2.11 bits per heavy atom. The Hall–Kier alpha value is -1.19. The summed E-state index contributed by atoms with van der Waals surface area (Å²) >= 11 is 3.04. The zero-order valence-electron chi connectivity index (χ0n) is 9.52. The van der Waals surface area contributed by atoms with E-state index >= 15 is 0 Å². The number of nitrogens with zero attached hydrogens (tertiary/aromatic N) is 1. The summed E-state index contributed by atoms with van der Waals surface area (Å²) in [5, 5.41) is 20.4. The molecule has 9 heteroatoms. The number of sulfone groups is 1. The Kier molecular flexibility index (Phi) is 3.79. The van der Waals surface area contributed by atoms with Crippen molar-refractivity contribution in [2.45, 2.75) is 12.2 Å². The molecule has 1 fully saturated rings. The molecule has 19 heavy (non-hydrogen) atoms. The fourth-order valence-corrected chi connectivity index (χ4v) is 3.97. The van der Waals surface area contributed by atoms with Gasteiger partial charge in [-0.25, -0.2) is 8.42 Å². The quantitative estimate of drug-likeness (QED) is 0.640. The average molecular weight is 352 g/mol. The SMILES string of the molecule is O=[N+]([O-])c1cccc(OC2CS(=O)(=O)CC2O)c1Br. The van der Waals surface area contributed by atoms with E-state index in [1.54, 1.807) is 0 Å². The van der Waals surface area contributed by atoms with Crippen molar-refractivity contribution in [3.05, 3.63) is 32.8 Å². The molecule has 2 atom stereocenters. The topological polar surface area (TPSA) is 107 Å². The standard InChI is InChI=1S/C10H10BrNO6S/c11-10-6(12(14)15)2-1-3-8(10)18-9-5-19(16,17)4-7(9)13/h1-3,7,9,13H,4-5H2. The molecule has 1 aromatic carbocycles. The molecule has 0 radical (unpaired) electrons. The van der Waals surface area contributed by atoms with Gasteiger partial charge in [0, 0.05) is 6.07 Å². The fraction of sp³-hybridized carbons (Fsp3) is 0.400. The van der Waals surface area contributed by atoms with Crippen LogP contribution in [0.25, 0.3) is 0 Å². The van der Waals surface area contributed by atoms with Gasteiger partial charge < -0.3 is 9.84 Å². The molecule has 1 aliphatic rings. The van der Waals surface area contributed by atoms with E-state index in [0.717, 1.165) is 0 Å². The Morgan fingerprint density at radius 1 is 1.42 bits per heavy atom. The van der Waals surface area contributed by atoms with E-state index in [-0.39, 0.29) is 27.4 Å². The normalized spacial score (nSPS) is 25.2. The van der Waals surface area contributed by atoms with Gasteiger partial charge in [0.25, 0.3) is 5.69 Å². The highest BCUT2D eigenvalue weighted by molar-refractivity contribution is 9.10. The monoisotopic (exact) mass is 351 g/mol. The molecular weight excluding hydrogens is 342 g/mol. The molecule has 0 spiro atoms. The van der Waals surface area contributed by atoms with Gasteiger partial charge in [0.15, 0.2) is 9.84 Å². The fourth-order valence-electron chi connectivity index (χ4n) is 1.80. The lowest BCUT2D eigenvalue weighted by Gasteiger charge is -2.16. The van der Waals surface area contributed by atoms with Gasteiger partial charge >= 0.3 is 0 Å². The first kappa shape index (κ1) is 14.2. The summed E-state index contributed by atoms with van der Waals surface area (Å²) in [6.45, 7) is 0. The second-order valence-corrected chi connectivity index (χ2v) is 7.09. The van der Waals surface area contributed by atoms with Crippen molar-refractivity contribution in [1.82, 2.24) is 0 Å². The third kappa shape index (κ3) is 3.04. The lowest BCUT2D eigenvalue weighted by Crippen LogP contribution is -2.29. The van der Waals surface area contributed by atoms with Crippen molar-refractivity contribution in [3.8, 4) is 5.75 Å². The smallest absolute Gasteiger partial charge is 0.287 e. The van der Waals surface area contributed by atoms with Crippen LogP contribution in [-0.4, -0.2) is 42.2 Å². The molecule has 1 heterocycles. The van der Waals surface area contributed by atoms with Gasteiger partial charge in [-0.3, -0.25) is 10.1 Å². The van der Waals surface area contributed by atoms with Crippen LogP contribution in [0.2, 0.25) is 0 Å². The van der Waals surface area contributed by atoms with Crippen LogP contribution in [0.3, 0.4) is 0 Å². The van der Waals surface area contributed by atoms with Crippen molar-refractivity contribution >= 4 is 31.5 Å². The molecule has 0 bridgehead atoms. The lowest BCUT2D eigenvalue weighted by molar-refractivity contribution is -0.385. The highest BCUT2D eigenvalue weighted by atomic mass is 79.9. The molecule has 1 aromatic rings. The minimum absolute atomic E-state index is 0.122.